The van der Waals surface area contributed by atoms with Crippen LogP contribution in [-0.2, 0) is 6.18 Å². The molecule has 0 aliphatic rings. The largest absolute Gasteiger partial charge is 0.416 e. The second-order valence-corrected chi connectivity index (χ2v) is 4.91. The molecule has 21 heavy (non-hydrogen) atoms. The average molecular weight is 314 g/mol. The zero-order valence-corrected chi connectivity index (χ0v) is 11.2. The number of carbonyl (C=O) groups is 2. The average Bonchev–Trinajstić information content (AvgIpc) is 2.98. The molecule has 0 aliphatic heterocycles. The van der Waals surface area contributed by atoms with Crippen molar-refractivity contribution >= 4 is 23.2 Å². The molecule has 0 bridgehead atoms. The van der Waals surface area contributed by atoms with E-state index in [4.69, 9.17) is 0 Å². The van der Waals surface area contributed by atoms with Gasteiger partial charge in [0.15, 0.2) is 0 Å². The van der Waals surface area contributed by atoms with E-state index >= 15 is 0 Å². The van der Waals surface area contributed by atoms with Crippen LogP contribution >= 0.6 is 11.3 Å². The van der Waals surface area contributed by atoms with Gasteiger partial charge in [0.2, 0.25) is 0 Å². The lowest BCUT2D eigenvalue weighted by molar-refractivity contribution is -0.137. The number of carbonyl (C=O) groups excluding carboxylic acids is 2. The summed E-state index contributed by atoms with van der Waals surface area (Å²) < 4.78 is 37.1. The summed E-state index contributed by atoms with van der Waals surface area (Å²) in [5.74, 6) is -1.20. The Kier molecular flexibility index (Phi) is 4.27. The smallest absolute Gasteiger partial charge is 0.267 e. The predicted molar refractivity (Wildman–Crippen MR) is 70.7 cm³/mol. The topological polar surface area (TPSA) is 58.2 Å². The van der Waals surface area contributed by atoms with Crippen molar-refractivity contribution in [2.75, 3.05) is 0 Å². The number of hydrogen-bond donors (Lipinski definition) is 2. The van der Waals surface area contributed by atoms with Gasteiger partial charge in [0.1, 0.15) is 0 Å². The standard InChI is InChI=1S/C13H9F3N2O2S/c14-13(15,16)9-5-3-8(4-6-9)11(19)17-18-12(20)10-2-1-7-21-10/h1-7H,(H,17,19)(H,18,20). The Morgan fingerprint density at radius 2 is 1.57 bits per heavy atom. The van der Waals surface area contributed by atoms with Crippen LogP contribution in [0.5, 0.6) is 0 Å². The van der Waals surface area contributed by atoms with Crippen molar-refractivity contribution < 1.29 is 22.8 Å². The van der Waals surface area contributed by atoms with Crippen molar-refractivity contribution in [3.05, 3.63) is 57.8 Å². The molecule has 1 heterocycles. The summed E-state index contributed by atoms with van der Waals surface area (Å²) in [7, 11) is 0. The highest BCUT2D eigenvalue weighted by Crippen LogP contribution is 2.28. The van der Waals surface area contributed by atoms with Gasteiger partial charge in [-0.15, -0.1) is 11.3 Å². The highest BCUT2D eigenvalue weighted by Gasteiger charge is 2.30. The number of amides is 2. The molecule has 0 saturated heterocycles. The minimum Gasteiger partial charge on any atom is -0.267 e. The minimum absolute atomic E-state index is 0.00878. The number of hydrogen-bond acceptors (Lipinski definition) is 3. The lowest BCUT2D eigenvalue weighted by Gasteiger charge is -2.08. The highest BCUT2D eigenvalue weighted by molar-refractivity contribution is 7.12. The van der Waals surface area contributed by atoms with Crippen LogP contribution in [0, 0.1) is 0 Å². The number of benzene rings is 1. The summed E-state index contributed by atoms with van der Waals surface area (Å²) in [5, 5.41) is 1.70. The van der Waals surface area contributed by atoms with E-state index in [0.29, 0.717) is 4.88 Å². The Labute approximate surface area is 121 Å². The maximum atomic E-state index is 12.4. The number of hydrazine groups is 1. The van der Waals surface area contributed by atoms with Crippen LogP contribution < -0.4 is 10.9 Å². The lowest BCUT2D eigenvalue weighted by atomic mass is 10.1. The van der Waals surface area contributed by atoms with Crippen LogP contribution in [0.1, 0.15) is 25.6 Å². The minimum atomic E-state index is -4.46. The first-order valence-electron chi connectivity index (χ1n) is 5.69. The summed E-state index contributed by atoms with van der Waals surface area (Å²) in [6.45, 7) is 0. The van der Waals surface area contributed by atoms with Gasteiger partial charge in [0.05, 0.1) is 10.4 Å². The monoisotopic (exact) mass is 314 g/mol. The van der Waals surface area contributed by atoms with E-state index < -0.39 is 23.6 Å². The van der Waals surface area contributed by atoms with E-state index in [1.165, 1.54) is 11.3 Å². The van der Waals surface area contributed by atoms with Crippen molar-refractivity contribution in [3.8, 4) is 0 Å². The van der Waals surface area contributed by atoms with Crippen LogP contribution in [-0.4, -0.2) is 11.8 Å². The van der Waals surface area contributed by atoms with Gasteiger partial charge in [0, 0.05) is 5.56 Å². The molecule has 0 aliphatic carbocycles. The molecule has 0 unspecified atom stereocenters. The Morgan fingerprint density at radius 3 is 2.10 bits per heavy atom. The van der Waals surface area contributed by atoms with Crippen LogP contribution in [0.25, 0.3) is 0 Å². The summed E-state index contributed by atoms with van der Waals surface area (Å²) in [4.78, 5) is 23.6. The summed E-state index contributed by atoms with van der Waals surface area (Å²) in [5.41, 5.74) is 3.47. The number of alkyl halides is 3. The van der Waals surface area contributed by atoms with Crippen molar-refractivity contribution in [1.82, 2.24) is 10.9 Å². The van der Waals surface area contributed by atoms with E-state index in [0.717, 1.165) is 24.3 Å². The third-order valence-corrected chi connectivity index (χ3v) is 3.38. The maximum Gasteiger partial charge on any atom is 0.416 e. The van der Waals surface area contributed by atoms with Gasteiger partial charge < -0.3 is 0 Å². The third-order valence-electron chi connectivity index (χ3n) is 2.51. The predicted octanol–water partition coefficient (Wildman–Crippen LogP) is 2.84. The molecule has 110 valence electrons. The second kappa shape index (κ2) is 5.96. The van der Waals surface area contributed by atoms with Crippen molar-refractivity contribution in [3.63, 3.8) is 0 Å². The first-order chi connectivity index (χ1) is 9.88. The van der Waals surface area contributed by atoms with Crippen LogP contribution in [0.2, 0.25) is 0 Å². The molecule has 4 nitrogen and oxygen atoms in total. The zero-order valence-electron chi connectivity index (χ0n) is 10.4. The fourth-order valence-electron chi connectivity index (χ4n) is 1.47. The fraction of sp³-hybridized carbons (Fsp3) is 0.0769. The molecule has 2 N–H and O–H groups in total. The molecular formula is C13H9F3N2O2S. The number of thiophene rings is 1. The van der Waals surface area contributed by atoms with Gasteiger partial charge in [0.25, 0.3) is 11.8 Å². The lowest BCUT2D eigenvalue weighted by Crippen LogP contribution is -2.41. The molecule has 0 atom stereocenters. The third kappa shape index (κ3) is 3.82. The van der Waals surface area contributed by atoms with Crippen LogP contribution in [0.15, 0.2) is 41.8 Å². The molecule has 2 amide bonds. The molecule has 0 saturated carbocycles. The second-order valence-electron chi connectivity index (χ2n) is 3.96. The molecule has 1 aromatic carbocycles. The first-order valence-corrected chi connectivity index (χ1v) is 6.57. The van der Waals surface area contributed by atoms with Crippen LogP contribution in [0.3, 0.4) is 0 Å². The fourth-order valence-corrected chi connectivity index (χ4v) is 2.08. The van der Waals surface area contributed by atoms with E-state index in [2.05, 4.69) is 10.9 Å². The SMILES string of the molecule is O=C(NNC(=O)c1cccs1)c1ccc(C(F)(F)F)cc1. The van der Waals surface area contributed by atoms with Crippen LogP contribution in [0.4, 0.5) is 13.2 Å². The van der Waals surface area contributed by atoms with E-state index in [9.17, 15) is 22.8 Å². The van der Waals surface area contributed by atoms with Gasteiger partial charge in [-0.2, -0.15) is 13.2 Å². The van der Waals surface area contributed by atoms with Gasteiger partial charge in [-0.25, -0.2) is 0 Å². The van der Waals surface area contributed by atoms with Crippen molar-refractivity contribution in [2.45, 2.75) is 6.18 Å². The summed E-state index contributed by atoms with van der Waals surface area (Å²) in [6.07, 6.45) is -4.46. The van der Waals surface area contributed by atoms with E-state index in [1.54, 1.807) is 17.5 Å². The van der Waals surface area contributed by atoms with E-state index in [-0.39, 0.29) is 5.56 Å². The van der Waals surface area contributed by atoms with Gasteiger partial charge in [-0.05, 0) is 35.7 Å². The Bertz CT molecular complexity index is 636. The molecule has 0 fully saturated rings. The van der Waals surface area contributed by atoms with Gasteiger partial charge in [-0.3, -0.25) is 20.4 Å². The molecule has 8 heteroatoms. The molecule has 1 aromatic heterocycles. The van der Waals surface area contributed by atoms with Crippen molar-refractivity contribution in [1.29, 1.82) is 0 Å². The molecule has 0 radical (unpaired) electrons. The summed E-state index contributed by atoms with van der Waals surface area (Å²) >= 11 is 1.19. The first kappa shape index (κ1) is 15.0. The van der Waals surface area contributed by atoms with Crippen molar-refractivity contribution in [2.24, 2.45) is 0 Å². The quantitative estimate of drug-likeness (QED) is 0.838. The molecule has 0 spiro atoms. The van der Waals surface area contributed by atoms with Gasteiger partial charge >= 0.3 is 6.18 Å². The Balaban J connectivity index is 1.96. The normalized spacial score (nSPS) is 11.0. The number of rotatable bonds is 2. The molecular weight excluding hydrogens is 305 g/mol. The highest BCUT2D eigenvalue weighted by atomic mass is 32.1. The molecule has 2 aromatic rings. The molecule has 2 rings (SSSR count). The summed E-state index contributed by atoms with van der Waals surface area (Å²) in [6, 6.07) is 6.93. The number of nitrogens with one attached hydrogen (secondary N) is 2. The maximum absolute atomic E-state index is 12.4. The zero-order chi connectivity index (χ0) is 15.5. The van der Waals surface area contributed by atoms with Gasteiger partial charge in [-0.1, -0.05) is 6.07 Å². The number of halogens is 3. The van der Waals surface area contributed by atoms with E-state index in [1.807, 2.05) is 0 Å². The Hall–Kier alpha value is -2.35. The Morgan fingerprint density at radius 1 is 0.952 bits per heavy atom.